The second-order valence-corrected chi connectivity index (χ2v) is 7.47. The predicted octanol–water partition coefficient (Wildman–Crippen LogP) is 1.86. The van der Waals surface area contributed by atoms with Crippen molar-refractivity contribution in [2.24, 2.45) is 5.92 Å². The molecular weight excluding hydrogens is 276 g/mol. The molecule has 0 amide bonds. The Bertz CT molecular complexity index is 551. The van der Waals surface area contributed by atoms with Gasteiger partial charge < -0.3 is 9.67 Å². The summed E-state index contributed by atoms with van der Waals surface area (Å²) in [5, 5.41) is 9.31. The van der Waals surface area contributed by atoms with Crippen LogP contribution in [0.4, 0.5) is 0 Å². The first-order chi connectivity index (χ1) is 9.46. The van der Waals surface area contributed by atoms with Gasteiger partial charge in [-0.05, 0) is 37.7 Å². The van der Waals surface area contributed by atoms with E-state index in [0.717, 1.165) is 25.7 Å². The van der Waals surface area contributed by atoms with Gasteiger partial charge in [-0.2, -0.15) is 0 Å². The Morgan fingerprint density at radius 1 is 1.45 bits per heavy atom. The molecule has 1 aromatic heterocycles. The summed E-state index contributed by atoms with van der Waals surface area (Å²) in [7, 11) is -3.48. The molecular formula is C14H24N2O3S. The molecule has 0 aliphatic heterocycles. The van der Waals surface area contributed by atoms with Crippen molar-refractivity contribution in [3.05, 3.63) is 18.0 Å². The number of hydrogen-bond acceptors (Lipinski definition) is 3. The third-order valence-corrected chi connectivity index (χ3v) is 5.40. The fourth-order valence-electron chi connectivity index (χ4n) is 2.85. The van der Waals surface area contributed by atoms with Crippen molar-refractivity contribution in [1.29, 1.82) is 0 Å². The third kappa shape index (κ3) is 3.42. The fourth-order valence-corrected chi connectivity index (χ4v) is 4.20. The Morgan fingerprint density at radius 3 is 2.75 bits per heavy atom. The maximum absolute atomic E-state index is 12.4. The monoisotopic (exact) mass is 300 g/mol. The van der Waals surface area contributed by atoms with Crippen molar-refractivity contribution in [2.75, 3.05) is 0 Å². The SMILES string of the molecule is CCCn1cc(S(=O)(=O)NC2CCC(C)C2)cc1CO. The van der Waals surface area contributed by atoms with E-state index < -0.39 is 10.0 Å². The van der Waals surface area contributed by atoms with Crippen molar-refractivity contribution in [3.8, 4) is 0 Å². The van der Waals surface area contributed by atoms with Crippen LogP contribution in [0.25, 0.3) is 0 Å². The molecule has 1 aliphatic rings. The van der Waals surface area contributed by atoms with Crippen molar-refractivity contribution >= 4 is 10.0 Å². The number of aliphatic hydroxyl groups is 1. The third-order valence-electron chi connectivity index (χ3n) is 3.91. The quantitative estimate of drug-likeness (QED) is 0.842. The van der Waals surface area contributed by atoms with Gasteiger partial charge in [0.25, 0.3) is 0 Å². The molecule has 2 atom stereocenters. The fraction of sp³-hybridized carbons (Fsp3) is 0.714. The maximum Gasteiger partial charge on any atom is 0.242 e. The van der Waals surface area contributed by atoms with E-state index in [0.29, 0.717) is 18.2 Å². The first-order valence-corrected chi connectivity index (χ1v) is 8.76. The molecule has 1 aromatic rings. The largest absolute Gasteiger partial charge is 0.390 e. The van der Waals surface area contributed by atoms with Crippen molar-refractivity contribution in [3.63, 3.8) is 0 Å². The molecule has 0 spiro atoms. The van der Waals surface area contributed by atoms with E-state index in [1.54, 1.807) is 12.3 Å². The molecule has 2 N–H and O–H groups in total. The topological polar surface area (TPSA) is 71.3 Å². The lowest BCUT2D eigenvalue weighted by Gasteiger charge is -2.11. The van der Waals surface area contributed by atoms with Crippen LogP contribution in [-0.4, -0.2) is 24.1 Å². The Balaban J connectivity index is 2.16. The lowest BCUT2D eigenvalue weighted by molar-refractivity contribution is 0.270. The predicted molar refractivity (Wildman–Crippen MR) is 77.8 cm³/mol. The van der Waals surface area contributed by atoms with E-state index in [-0.39, 0.29) is 17.5 Å². The first kappa shape index (κ1) is 15.5. The average Bonchev–Trinajstić information content (AvgIpc) is 2.96. The van der Waals surface area contributed by atoms with Crippen LogP contribution >= 0.6 is 0 Å². The molecule has 114 valence electrons. The minimum Gasteiger partial charge on any atom is -0.390 e. The van der Waals surface area contributed by atoms with Crippen LogP contribution in [0.5, 0.6) is 0 Å². The Labute approximate surface area is 121 Å². The summed E-state index contributed by atoms with van der Waals surface area (Å²) in [5.74, 6) is 0.584. The summed E-state index contributed by atoms with van der Waals surface area (Å²) in [4.78, 5) is 0.259. The van der Waals surface area contributed by atoms with Crippen LogP contribution in [0.3, 0.4) is 0 Å². The van der Waals surface area contributed by atoms with Crippen molar-refractivity contribution in [2.45, 2.75) is 63.6 Å². The van der Waals surface area contributed by atoms with E-state index in [1.165, 1.54) is 0 Å². The molecule has 2 rings (SSSR count). The summed E-state index contributed by atoms with van der Waals surface area (Å²) in [6.45, 7) is 4.74. The lowest BCUT2D eigenvalue weighted by atomic mass is 10.1. The zero-order valence-corrected chi connectivity index (χ0v) is 13.0. The summed E-state index contributed by atoms with van der Waals surface area (Å²) in [6.07, 6.45) is 5.40. The molecule has 1 saturated carbocycles. The van der Waals surface area contributed by atoms with Gasteiger partial charge in [0.1, 0.15) is 0 Å². The van der Waals surface area contributed by atoms with Gasteiger partial charge in [0.05, 0.1) is 11.5 Å². The Morgan fingerprint density at radius 2 is 2.20 bits per heavy atom. The van der Waals surface area contributed by atoms with Gasteiger partial charge in [0.15, 0.2) is 0 Å². The molecule has 2 unspecified atom stereocenters. The van der Waals surface area contributed by atoms with E-state index in [9.17, 15) is 13.5 Å². The van der Waals surface area contributed by atoms with Crippen molar-refractivity contribution < 1.29 is 13.5 Å². The molecule has 0 saturated heterocycles. The normalized spacial score (nSPS) is 23.4. The van der Waals surface area contributed by atoms with Gasteiger partial charge in [-0.15, -0.1) is 0 Å². The maximum atomic E-state index is 12.4. The van der Waals surface area contributed by atoms with Gasteiger partial charge in [-0.1, -0.05) is 13.8 Å². The van der Waals surface area contributed by atoms with Gasteiger partial charge in [0, 0.05) is 24.5 Å². The van der Waals surface area contributed by atoms with E-state index in [2.05, 4.69) is 11.6 Å². The second kappa shape index (κ2) is 6.28. The van der Waals surface area contributed by atoms with Gasteiger partial charge in [0.2, 0.25) is 10.0 Å². The highest BCUT2D eigenvalue weighted by molar-refractivity contribution is 7.89. The second-order valence-electron chi connectivity index (χ2n) is 5.76. The van der Waals surface area contributed by atoms with Gasteiger partial charge in [-0.3, -0.25) is 0 Å². The van der Waals surface area contributed by atoms with Crippen LogP contribution in [0, 0.1) is 5.92 Å². The zero-order chi connectivity index (χ0) is 14.8. The number of rotatable bonds is 6. The minimum atomic E-state index is -3.48. The van der Waals surface area contributed by atoms with Gasteiger partial charge >= 0.3 is 0 Å². The number of aryl methyl sites for hydroxylation is 1. The Hall–Kier alpha value is -0.850. The highest BCUT2D eigenvalue weighted by Crippen LogP contribution is 2.26. The Kier molecular flexibility index (Phi) is 4.88. The van der Waals surface area contributed by atoms with Crippen LogP contribution in [0.15, 0.2) is 17.2 Å². The van der Waals surface area contributed by atoms with E-state index >= 15 is 0 Å². The van der Waals surface area contributed by atoms with Crippen molar-refractivity contribution in [1.82, 2.24) is 9.29 Å². The summed E-state index contributed by atoms with van der Waals surface area (Å²) in [6, 6.07) is 1.61. The molecule has 5 nitrogen and oxygen atoms in total. The standard InChI is InChI=1S/C14H24N2O3S/c1-3-6-16-9-14(8-13(16)10-17)20(18,19)15-12-5-4-11(2)7-12/h8-9,11-12,15,17H,3-7,10H2,1-2H3. The zero-order valence-electron chi connectivity index (χ0n) is 12.2. The highest BCUT2D eigenvalue weighted by atomic mass is 32.2. The number of sulfonamides is 1. The molecule has 0 radical (unpaired) electrons. The smallest absolute Gasteiger partial charge is 0.242 e. The molecule has 20 heavy (non-hydrogen) atoms. The highest BCUT2D eigenvalue weighted by Gasteiger charge is 2.27. The van der Waals surface area contributed by atoms with Crippen LogP contribution < -0.4 is 4.72 Å². The van der Waals surface area contributed by atoms with Crippen LogP contribution in [-0.2, 0) is 23.2 Å². The van der Waals surface area contributed by atoms with Gasteiger partial charge in [-0.25, -0.2) is 13.1 Å². The van der Waals surface area contributed by atoms with E-state index in [1.807, 2.05) is 11.5 Å². The molecule has 6 heteroatoms. The number of nitrogens with zero attached hydrogens (tertiary/aromatic N) is 1. The summed E-state index contributed by atoms with van der Waals surface area (Å²) < 4.78 is 29.3. The number of aromatic nitrogens is 1. The molecule has 1 aliphatic carbocycles. The number of aliphatic hydroxyl groups excluding tert-OH is 1. The number of nitrogens with one attached hydrogen (secondary N) is 1. The first-order valence-electron chi connectivity index (χ1n) is 7.28. The molecule has 1 heterocycles. The minimum absolute atomic E-state index is 0.0436. The summed E-state index contributed by atoms with van der Waals surface area (Å²) in [5.41, 5.74) is 0.645. The molecule has 1 fully saturated rings. The molecule has 0 bridgehead atoms. The molecule has 0 aromatic carbocycles. The summed E-state index contributed by atoms with van der Waals surface area (Å²) >= 11 is 0. The lowest BCUT2D eigenvalue weighted by Crippen LogP contribution is -2.32. The van der Waals surface area contributed by atoms with Crippen LogP contribution in [0.1, 0.15) is 45.2 Å². The number of hydrogen-bond donors (Lipinski definition) is 2. The average molecular weight is 300 g/mol. The van der Waals surface area contributed by atoms with Crippen LogP contribution in [0.2, 0.25) is 0 Å². The van der Waals surface area contributed by atoms with E-state index in [4.69, 9.17) is 0 Å².